The van der Waals surface area contributed by atoms with Crippen molar-refractivity contribution in [1.29, 1.82) is 0 Å². The van der Waals surface area contributed by atoms with Crippen molar-refractivity contribution in [3.8, 4) is 17.4 Å². The molecular formula is C19H20F3N3O4. The molecule has 0 N–H and O–H groups in total. The summed E-state index contributed by atoms with van der Waals surface area (Å²) in [5.74, 6) is 0.590. The van der Waals surface area contributed by atoms with Gasteiger partial charge in [-0.1, -0.05) is 13.8 Å². The SMILES string of the molecule is C/C=C(\OC)c1nc2ncc(Oc3ncccc3OCC(F)(F)F)cc2o1.CC. The molecule has 0 saturated heterocycles. The highest BCUT2D eigenvalue weighted by molar-refractivity contribution is 5.72. The summed E-state index contributed by atoms with van der Waals surface area (Å²) in [6.07, 6.45) is -0.0832. The van der Waals surface area contributed by atoms with Crippen molar-refractivity contribution in [2.45, 2.75) is 26.9 Å². The summed E-state index contributed by atoms with van der Waals surface area (Å²) in [6.45, 7) is 4.31. The van der Waals surface area contributed by atoms with Crippen molar-refractivity contribution in [2.75, 3.05) is 13.7 Å². The summed E-state index contributed by atoms with van der Waals surface area (Å²) in [5.41, 5.74) is 0.635. The van der Waals surface area contributed by atoms with E-state index in [1.54, 1.807) is 13.0 Å². The highest BCUT2D eigenvalue weighted by Gasteiger charge is 2.29. The van der Waals surface area contributed by atoms with Crippen LogP contribution in [-0.4, -0.2) is 34.8 Å². The third-order valence-corrected chi connectivity index (χ3v) is 3.26. The molecule has 0 atom stereocenters. The Morgan fingerprint density at radius 3 is 2.66 bits per heavy atom. The van der Waals surface area contributed by atoms with E-state index in [0.717, 1.165) is 0 Å². The van der Waals surface area contributed by atoms with Gasteiger partial charge >= 0.3 is 6.18 Å². The number of aromatic nitrogens is 3. The van der Waals surface area contributed by atoms with Gasteiger partial charge < -0.3 is 18.6 Å². The molecule has 0 aromatic carbocycles. The van der Waals surface area contributed by atoms with E-state index in [9.17, 15) is 13.2 Å². The number of hydrogen-bond acceptors (Lipinski definition) is 7. The number of alkyl halides is 3. The third kappa shape index (κ3) is 5.84. The molecule has 0 radical (unpaired) electrons. The van der Waals surface area contributed by atoms with Crippen molar-refractivity contribution in [1.82, 2.24) is 15.0 Å². The first-order valence-electron chi connectivity index (χ1n) is 8.69. The van der Waals surface area contributed by atoms with Gasteiger partial charge in [0.25, 0.3) is 11.8 Å². The molecule has 29 heavy (non-hydrogen) atoms. The normalized spacial score (nSPS) is 11.6. The van der Waals surface area contributed by atoms with Crippen LogP contribution >= 0.6 is 0 Å². The van der Waals surface area contributed by atoms with E-state index < -0.39 is 12.8 Å². The van der Waals surface area contributed by atoms with Crippen LogP contribution in [0.2, 0.25) is 0 Å². The minimum atomic E-state index is -4.48. The van der Waals surface area contributed by atoms with Crippen LogP contribution in [0, 0.1) is 0 Å². The monoisotopic (exact) mass is 411 g/mol. The maximum Gasteiger partial charge on any atom is 0.422 e. The Hall–Kier alpha value is -3.30. The molecule has 0 aliphatic carbocycles. The highest BCUT2D eigenvalue weighted by Crippen LogP contribution is 2.31. The molecular weight excluding hydrogens is 391 g/mol. The van der Waals surface area contributed by atoms with E-state index in [2.05, 4.69) is 15.0 Å². The van der Waals surface area contributed by atoms with E-state index in [1.165, 1.54) is 37.7 Å². The van der Waals surface area contributed by atoms with Crippen LogP contribution in [0.5, 0.6) is 17.4 Å². The lowest BCUT2D eigenvalue weighted by molar-refractivity contribution is -0.153. The molecule has 0 aliphatic rings. The van der Waals surface area contributed by atoms with E-state index >= 15 is 0 Å². The molecule has 10 heteroatoms. The van der Waals surface area contributed by atoms with Crippen LogP contribution in [0.4, 0.5) is 13.2 Å². The van der Waals surface area contributed by atoms with Gasteiger partial charge in [-0.3, -0.25) is 0 Å². The zero-order valence-electron chi connectivity index (χ0n) is 16.3. The first kappa shape index (κ1) is 22.0. The average molecular weight is 411 g/mol. The average Bonchev–Trinajstić information content (AvgIpc) is 3.12. The quantitative estimate of drug-likeness (QED) is 0.504. The summed E-state index contributed by atoms with van der Waals surface area (Å²) < 4.78 is 58.1. The van der Waals surface area contributed by atoms with Crippen molar-refractivity contribution >= 4 is 17.0 Å². The molecule has 3 aromatic rings. The fraction of sp³-hybridized carbons (Fsp3) is 0.316. The Morgan fingerprint density at radius 1 is 1.24 bits per heavy atom. The van der Waals surface area contributed by atoms with Crippen LogP contribution < -0.4 is 9.47 Å². The Kier molecular flexibility index (Phi) is 7.40. The summed E-state index contributed by atoms with van der Waals surface area (Å²) >= 11 is 0. The van der Waals surface area contributed by atoms with E-state index in [0.29, 0.717) is 17.0 Å². The van der Waals surface area contributed by atoms with Gasteiger partial charge in [0.2, 0.25) is 0 Å². The second-order valence-corrected chi connectivity index (χ2v) is 5.18. The Labute approximate surface area is 165 Å². The minimum Gasteiger partial charge on any atom is -0.491 e. The van der Waals surface area contributed by atoms with E-state index in [1.807, 2.05) is 13.8 Å². The maximum atomic E-state index is 12.4. The van der Waals surface area contributed by atoms with Gasteiger partial charge in [0.15, 0.2) is 35.1 Å². The topological polar surface area (TPSA) is 79.5 Å². The van der Waals surface area contributed by atoms with Gasteiger partial charge in [0, 0.05) is 12.3 Å². The second-order valence-electron chi connectivity index (χ2n) is 5.18. The number of oxazole rings is 1. The Morgan fingerprint density at radius 2 is 2.00 bits per heavy atom. The molecule has 0 unspecified atom stereocenters. The fourth-order valence-electron chi connectivity index (χ4n) is 2.13. The summed E-state index contributed by atoms with van der Waals surface area (Å²) in [4.78, 5) is 12.2. The summed E-state index contributed by atoms with van der Waals surface area (Å²) in [6, 6.07) is 4.25. The molecule has 3 rings (SSSR count). The van der Waals surface area contributed by atoms with Crippen LogP contribution in [0.1, 0.15) is 26.7 Å². The number of fused-ring (bicyclic) bond motifs is 1. The second kappa shape index (κ2) is 9.76. The molecule has 0 fully saturated rings. The molecule has 3 aromatic heterocycles. The molecule has 0 aliphatic heterocycles. The number of halogens is 3. The molecule has 156 valence electrons. The Bertz CT molecular complexity index is 971. The van der Waals surface area contributed by atoms with Gasteiger partial charge in [-0.25, -0.2) is 9.97 Å². The van der Waals surface area contributed by atoms with Crippen LogP contribution in [-0.2, 0) is 4.74 Å². The number of hydrogen-bond donors (Lipinski definition) is 0. The molecule has 0 amide bonds. The summed E-state index contributed by atoms with van der Waals surface area (Å²) in [7, 11) is 1.48. The predicted octanol–water partition coefficient (Wildman–Crippen LogP) is 5.38. The number of ether oxygens (including phenoxy) is 3. The van der Waals surface area contributed by atoms with Crippen LogP contribution in [0.3, 0.4) is 0 Å². The number of pyridine rings is 2. The zero-order valence-corrected chi connectivity index (χ0v) is 16.3. The van der Waals surface area contributed by atoms with Crippen molar-refractivity contribution in [3.05, 3.63) is 42.6 Å². The highest BCUT2D eigenvalue weighted by atomic mass is 19.4. The van der Waals surface area contributed by atoms with Crippen molar-refractivity contribution < 1.29 is 31.8 Å². The standard InChI is InChI=1S/C17H14F3N3O4.C2H6/c1-3-11(24-2)16-23-14-13(27-16)7-10(8-22-14)26-15-12(5-4-6-21-15)25-9-17(18,19)20;1-2/h3-8H,9H2,1-2H3;1-2H3/b11-3-;. The number of rotatable bonds is 6. The smallest absolute Gasteiger partial charge is 0.422 e. The number of methoxy groups -OCH3 is 1. The molecule has 0 bridgehead atoms. The van der Waals surface area contributed by atoms with Gasteiger partial charge in [0.05, 0.1) is 13.3 Å². The van der Waals surface area contributed by atoms with Crippen molar-refractivity contribution in [2.24, 2.45) is 0 Å². The molecule has 3 heterocycles. The first-order valence-corrected chi connectivity index (χ1v) is 8.69. The van der Waals surface area contributed by atoms with Gasteiger partial charge in [-0.05, 0) is 25.1 Å². The lowest BCUT2D eigenvalue weighted by atomic mass is 10.4. The molecule has 0 saturated carbocycles. The van der Waals surface area contributed by atoms with Crippen LogP contribution in [0.25, 0.3) is 17.0 Å². The van der Waals surface area contributed by atoms with Crippen molar-refractivity contribution in [3.63, 3.8) is 0 Å². The minimum absolute atomic E-state index is 0.131. The van der Waals surface area contributed by atoms with Gasteiger partial charge in [0.1, 0.15) is 0 Å². The largest absolute Gasteiger partial charge is 0.491 e. The fourth-order valence-corrected chi connectivity index (χ4v) is 2.13. The van der Waals surface area contributed by atoms with Gasteiger partial charge in [-0.2, -0.15) is 18.2 Å². The predicted molar refractivity (Wildman–Crippen MR) is 99.7 cm³/mol. The van der Waals surface area contributed by atoms with E-state index in [-0.39, 0.29) is 23.3 Å². The first-order chi connectivity index (χ1) is 13.9. The Balaban J connectivity index is 0.00000145. The maximum absolute atomic E-state index is 12.4. The van der Waals surface area contributed by atoms with Gasteiger partial charge in [-0.15, -0.1) is 0 Å². The molecule has 7 nitrogen and oxygen atoms in total. The lowest BCUT2D eigenvalue weighted by Gasteiger charge is -2.12. The van der Waals surface area contributed by atoms with E-state index in [4.69, 9.17) is 18.6 Å². The lowest BCUT2D eigenvalue weighted by Crippen LogP contribution is -2.19. The zero-order chi connectivity index (χ0) is 21.4. The number of allylic oxidation sites excluding steroid dienone is 1. The summed E-state index contributed by atoms with van der Waals surface area (Å²) in [5, 5.41) is 0. The number of nitrogens with zero attached hydrogens (tertiary/aromatic N) is 3. The van der Waals surface area contributed by atoms with Crippen LogP contribution in [0.15, 0.2) is 41.1 Å². The third-order valence-electron chi connectivity index (χ3n) is 3.26. The molecule has 0 spiro atoms.